The summed E-state index contributed by atoms with van der Waals surface area (Å²) in [6.45, 7) is 4.52. The van der Waals surface area contributed by atoms with Crippen molar-refractivity contribution in [3.63, 3.8) is 0 Å². The van der Waals surface area contributed by atoms with Gasteiger partial charge in [-0.1, -0.05) is 30.3 Å². The van der Waals surface area contributed by atoms with E-state index in [1.54, 1.807) is 0 Å². The van der Waals surface area contributed by atoms with Gasteiger partial charge in [0, 0.05) is 6.04 Å². The number of para-hydroxylation sites is 1. The van der Waals surface area contributed by atoms with E-state index in [0.717, 1.165) is 12.2 Å². The number of benzene rings is 1. The molecule has 0 amide bonds. The van der Waals surface area contributed by atoms with Gasteiger partial charge in [0.05, 0.1) is 18.4 Å². The minimum atomic E-state index is -0.00775. The lowest BCUT2D eigenvalue weighted by atomic mass is 9.96. The van der Waals surface area contributed by atoms with Crippen LogP contribution in [0.5, 0.6) is 5.75 Å². The molecule has 20 heavy (non-hydrogen) atoms. The van der Waals surface area contributed by atoms with Crippen molar-refractivity contribution < 1.29 is 9.26 Å². The lowest BCUT2D eigenvalue weighted by molar-refractivity contribution is 0.253. The Morgan fingerprint density at radius 1 is 1.30 bits per heavy atom. The summed E-state index contributed by atoms with van der Waals surface area (Å²) >= 11 is 0. The Hall–Kier alpha value is -1.88. The van der Waals surface area contributed by atoms with Crippen LogP contribution in [0.4, 0.5) is 0 Å². The first-order valence-corrected chi connectivity index (χ1v) is 6.95. The molecule has 1 aliphatic rings. The zero-order valence-electron chi connectivity index (χ0n) is 11.7. The number of hydrogen-bond acceptors (Lipinski definition) is 5. The standard InChI is InChI=1S/C15H19N3O2/c1-9(10(2)16)15-17-14(18-20-15)12-7-11-5-3-4-6-13(11)19-8-12/h3-6,9-10,12H,7-8,16H2,1-2H3. The van der Waals surface area contributed by atoms with Crippen LogP contribution in [0.2, 0.25) is 0 Å². The number of nitrogens with two attached hydrogens (primary N) is 1. The maximum atomic E-state index is 5.87. The highest BCUT2D eigenvalue weighted by Crippen LogP contribution is 2.31. The highest BCUT2D eigenvalue weighted by atomic mass is 16.5. The van der Waals surface area contributed by atoms with Gasteiger partial charge in [0.25, 0.3) is 0 Å². The first kappa shape index (κ1) is 13.1. The molecule has 0 saturated heterocycles. The van der Waals surface area contributed by atoms with E-state index in [1.165, 1.54) is 5.56 Å². The van der Waals surface area contributed by atoms with E-state index in [1.807, 2.05) is 32.0 Å². The van der Waals surface area contributed by atoms with Gasteiger partial charge in [0.2, 0.25) is 5.89 Å². The van der Waals surface area contributed by atoms with Gasteiger partial charge < -0.3 is 15.0 Å². The fraction of sp³-hybridized carbons (Fsp3) is 0.467. The van der Waals surface area contributed by atoms with Crippen molar-refractivity contribution in [1.82, 2.24) is 10.1 Å². The highest BCUT2D eigenvalue weighted by molar-refractivity contribution is 5.36. The molecule has 0 saturated carbocycles. The van der Waals surface area contributed by atoms with Crippen molar-refractivity contribution in [2.45, 2.75) is 38.1 Å². The molecular weight excluding hydrogens is 254 g/mol. The van der Waals surface area contributed by atoms with Crippen LogP contribution in [-0.4, -0.2) is 22.8 Å². The molecule has 2 N–H and O–H groups in total. The Bertz CT molecular complexity index is 594. The van der Waals surface area contributed by atoms with Gasteiger partial charge in [0.1, 0.15) is 5.75 Å². The van der Waals surface area contributed by atoms with Gasteiger partial charge in [-0.25, -0.2) is 0 Å². The SMILES string of the molecule is CC(N)C(C)c1nc(C2COc3ccccc3C2)no1. The molecule has 3 rings (SSSR count). The minimum absolute atomic E-state index is 0.00775. The van der Waals surface area contributed by atoms with Crippen LogP contribution >= 0.6 is 0 Å². The van der Waals surface area contributed by atoms with Crippen LogP contribution in [0.3, 0.4) is 0 Å². The maximum absolute atomic E-state index is 5.87. The van der Waals surface area contributed by atoms with Crippen molar-refractivity contribution in [1.29, 1.82) is 0 Å². The van der Waals surface area contributed by atoms with Crippen molar-refractivity contribution in [2.75, 3.05) is 6.61 Å². The summed E-state index contributed by atoms with van der Waals surface area (Å²) < 4.78 is 11.1. The smallest absolute Gasteiger partial charge is 0.231 e. The summed E-state index contributed by atoms with van der Waals surface area (Å²) in [6.07, 6.45) is 0.877. The quantitative estimate of drug-likeness (QED) is 0.928. The number of aromatic nitrogens is 2. The van der Waals surface area contributed by atoms with E-state index in [4.69, 9.17) is 15.0 Å². The second-order valence-electron chi connectivity index (χ2n) is 5.46. The van der Waals surface area contributed by atoms with Gasteiger partial charge >= 0.3 is 0 Å². The average Bonchev–Trinajstić information content (AvgIpc) is 2.95. The molecule has 2 aromatic rings. The molecule has 0 fully saturated rings. The van der Waals surface area contributed by atoms with Crippen LogP contribution in [0.1, 0.15) is 43.0 Å². The Kier molecular flexibility index (Phi) is 3.44. The molecule has 2 heterocycles. The fourth-order valence-electron chi connectivity index (χ4n) is 2.32. The van der Waals surface area contributed by atoms with E-state index in [9.17, 15) is 0 Å². The van der Waals surface area contributed by atoms with Crippen LogP contribution < -0.4 is 10.5 Å². The second kappa shape index (κ2) is 5.25. The van der Waals surface area contributed by atoms with Gasteiger partial charge in [-0.05, 0) is 25.0 Å². The molecule has 1 aliphatic heterocycles. The number of rotatable bonds is 3. The molecular formula is C15H19N3O2. The fourth-order valence-corrected chi connectivity index (χ4v) is 2.32. The van der Waals surface area contributed by atoms with Crippen LogP contribution in [-0.2, 0) is 6.42 Å². The average molecular weight is 273 g/mol. The molecule has 3 atom stereocenters. The Labute approximate surface area is 118 Å². The molecule has 0 radical (unpaired) electrons. The monoisotopic (exact) mass is 273 g/mol. The van der Waals surface area contributed by atoms with Crippen molar-refractivity contribution >= 4 is 0 Å². The van der Waals surface area contributed by atoms with Crippen LogP contribution in [0.15, 0.2) is 28.8 Å². The van der Waals surface area contributed by atoms with E-state index in [-0.39, 0.29) is 17.9 Å². The summed E-state index contributed by atoms with van der Waals surface area (Å²) in [5.74, 6) is 2.48. The normalized spacial score (nSPS) is 20.9. The molecule has 1 aromatic heterocycles. The number of hydrogen-bond donors (Lipinski definition) is 1. The van der Waals surface area contributed by atoms with Gasteiger partial charge in [-0.2, -0.15) is 4.98 Å². The molecule has 0 aliphatic carbocycles. The van der Waals surface area contributed by atoms with Gasteiger partial charge in [-0.15, -0.1) is 0 Å². The van der Waals surface area contributed by atoms with E-state index >= 15 is 0 Å². The lowest BCUT2D eigenvalue weighted by Gasteiger charge is -2.22. The first-order valence-electron chi connectivity index (χ1n) is 6.95. The second-order valence-corrected chi connectivity index (χ2v) is 5.46. The topological polar surface area (TPSA) is 74.2 Å². The van der Waals surface area contributed by atoms with E-state index < -0.39 is 0 Å². The van der Waals surface area contributed by atoms with Crippen LogP contribution in [0, 0.1) is 0 Å². The predicted molar refractivity (Wildman–Crippen MR) is 74.7 cm³/mol. The molecule has 0 spiro atoms. The molecule has 0 bridgehead atoms. The van der Waals surface area contributed by atoms with Gasteiger partial charge in [0.15, 0.2) is 5.82 Å². The molecule has 106 valence electrons. The van der Waals surface area contributed by atoms with Crippen molar-refractivity contribution in [3.8, 4) is 5.75 Å². The number of nitrogens with zero attached hydrogens (tertiary/aromatic N) is 2. The van der Waals surface area contributed by atoms with Crippen molar-refractivity contribution in [3.05, 3.63) is 41.5 Å². The Balaban J connectivity index is 1.78. The largest absolute Gasteiger partial charge is 0.493 e. The zero-order chi connectivity index (χ0) is 14.1. The molecule has 1 aromatic carbocycles. The minimum Gasteiger partial charge on any atom is -0.493 e. The molecule has 5 nitrogen and oxygen atoms in total. The third-order valence-electron chi connectivity index (χ3n) is 3.88. The summed E-state index contributed by atoms with van der Waals surface area (Å²) in [5.41, 5.74) is 7.06. The molecule has 5 heteroatoms. The van der Waals surface area contributed by atoms with E-state index in [0.29, 0.717) is 18.3 Å². The lowest BCUT2D eigenvalue weighted by Crippen LogP contribution is -2.23. The van der Waals surface area contributed by atoms with Crippen molar-refractivity contribution in [2.24, 2.45) is 5.73 Å². The third kappa shape index (κ3) is 2.41. The summed E-state index contributed by atoms with van der Waals surface area (Å²) in [6, 6.07) is 8.06. The van der Waals surface area contributed by atoms with Crippen LogP contribution in [0.25, 0.3) is 0 Å². The summed E-state index contributed by atoms with van der Waals surface area (Å²) in [5, 5.41) is 4.09. The van der Waals surface area contributed by atoms with Gasteiger partial charge in [-0.3, -0.25) is 0 Å². The zero-order valence-corrected chi connectivity index (χ0v) is 11.7. The maximum Gasteiger partial charge on any atom is 0.231 e. The highest BCUT2D eigenvalue weighted by Gasteiger charge is 2.27. The Morgan fingerprint density at radius 3 is 2.90 bits per heavy atom. The number of ether oxygens (including phenoxy) is 1. The predicted octanol–water partition coefficient (Wildman–Crippen LogP) is 2.24. The third-order valence-corrected chi connectivity index (χ3v) is 3.88. The van der Waals surface area contributed by atoms with E-state index in [2.05, 4.69) is 16.2 Å². The molecule has 3 unspecified atom stereocenters. The summed E-state index contributed by atoms with van der Waals surface area (Å²) in [7, 11) is 0. The first-order chi connectivity index (χ1) is 9.65. The Morgan fingerprint density at radius 2 is 2.10 bits per heavy atom. The number of fused-ring (bicyclic) bond motifs is 1. The summed E-state index contributed by atoms with van der Waals surface area (Å²) in [4.78, 5) is 4.49.